The molecule has 12 aromatic rings. The topological polar surface area (TPSA) is 38.5 Å². The Morgan fingerprint density at radius 3 is 1.65 bits per heavy atom. The van der Waals surface area contributed by atoms with E-state index in [1.165, 1.54) is 27.6 Å². The summed E-state index contributed by atoms with van der Waals surface area (Å²) in [6.07, 6.45) is 1.71. The van der Waals surface area contributed by atoms with E-state index in [0.29, 0.717) is 29.5 Å². The van der Waals surface area contributed by atoms with Crippen molar-refractivity contribution >= 4 is 66.4 Å². The smallest absolute Gasteiger partial charge is 0.137 e. The van der Waals surface area contributed by atoms with Crippen LogP contribution < -0.4 is 14.5 Å². The van der Waals surface area contributed by atoms with E-state index in [-0.39, 0.29) is 16.4 Å². The summed E-state index contributed by atoms with van der Waals surface area (Å²) < 4.78 is 37.7. The van der Waals surface area contributed by atoms with Gasteiger partial charge in [0.1, 0.15) is 24.0 Å². The number of para-hydroxylation sites is 5. The van der Waals surface area contributed by atoms with Crippen LogP contribution in [0.3, 0.4) is 0 Å². The molecule has 0 bridgehead atoms. The van der Waals surface area contributed by atoms with E-state index in [1.54, 1.807) is 12.3 Å². The Bertz CT molecular complexity index is 4260. The number of fused-ring (bicyclic) bond motifs is 7. The van der Waals surface area contributed by atoms with Crippen LogP contribution in [0.5, 0.6) is 11.5 Å². The lowest BCUT2D eigenvalue weighted by atomic mass is 9.80. The van der Waals surface area contributed by atoms with Crippen molar-refractivity contribution in [2.75, 3.05) is 16.5 Å². The summed E-state index contributed by atoms with van der Waals surface area (Å²) in [7, 11) is 0. The average Bonchev–Trinajstić information content (AvgIpc) is 4.33. The van der Waals surface area contributed by atoms with Crippen molar-refractivity contribution in [2.24, 2.45) is 0 Å². The minimum Gasteiger partial charge on any atom is -0.457 e. The van der Waals surface area contributed by atoms with Crippen molar-refractivity contribution in [1.29, 1.82) is 0 Å². The fourth-order valence-electron chi connectivity index (χ4n) is 11.0. The van der Waals surface area contributed by atoms with Gasteiger partial charge in [0.2, 0.25) is 0 Å². The summed E-state index contributed by atoms with van der Waals surface area (Å²) in [5, 5.41) is 4.42. The van der Waals surface area contributed by atoms with E-state index in [4.69, 9.17) is 13.8 Å². The molecule has 0 spiro atoms. The fraction of sp³-hybridized carbons (Fsp3) is 0.145. The monoisotopic (exact) mass is 976 g/mol. The van der Waals surface area contributed by atoms with Gasteiger partial charge in [-0.05, 0) is 136 Å². The maximum absolute atomic E-state index is 8.86. The molecule has 1 aliphatic heterocycles. The average molecular weight is 977 g/mol. The molecule has 0 amide bonds. The zero-order chi connectivity index (χ0) is 53.7. The second-order valence-electron chi connectivity index (χ2n) is 22.0. The molecule has 13 rings (SSSR count). The van der Waals surface area contributed by atoms with Gasteiger partial charge in [-0.15, -0.1) is 0 Å². The van der Waals surface area contributed by atoms with Crippen molar-refractivity contribution in [3.05, 3.63) is 235 Å². The Hall–Kier alpha value is -8.87. The SMILES string of the molecule is [2H]C([2H])([2H])c1cc(-n2c3ccccc3c3ccc(Oc4cccc(N5CN(c6cc(C(C)(C)C)cc(C(C)(C)C)c6)c6ccccc65)c4)cc32)ncc1-c1ccc(-c2ccc3c4ccccc4n(-c4ccccc4)c3c2)cc1. The number of aromatic nitrogens is 3. The number of hydrogen-bond donors (Lipinski definition) is 0. The molecule has 6 nitrogen and oxygen atoms in total. The van der Waals surface area contributed by atoms with Gasteiger partial charge < -0.3 is 19.1 Å². The number of rotatable bonds is 8. The summed E-state index contributed by atoms with van der Waals surface area (Å²) in [5.41, 5.74) is 15.9. The molecule has 0 saturated carbocycles. The van der Waals surface area contributed by atoms with E-state index in [2.05, 4.69) is 212 Å². The van der Waals surface area contributed by atoms with Crippen molar-refractivity contribution in [1.82, 2.24) is 14.1 Å². The number of aryl methyl sites for hydroxylation is 1. The Kier molecular flexibility index (Phi) is 10.0. The summed E-state index contributed by atoms with van der Waals surface area (Å²) in [5.74, 6) is 1.85. The van der Waals surface area contributed by atoms with Gasteiger partial charge in [-0.2, -0.15) is 0 Å². The first-order chi connectivity index (χ1) is 37.5. The highest BCUT2D eigenvalue weighted by atomic mass is 16.5. The first-order valence-corrected chi connectivity index (χ1v) is 25.9. The highest BCUT2D eigenvalue weighted by Gasteiger charge is 2.30. The molecule has 0 unspecified atom stereocenters. The molecule has 0 radical (unpaired) electrons. The second kappa shape index (κ2) is 17.7. The van der Waals surface area contributed by atoms with E-state index in [9.17, 15) is 0 Å². The zero-order valence-electron chi connectivity index (χ0n) is 46.1. The first-order valence-electron chi connectivity index (χ1n) is 27.4. The summed E-state index contributed by atoms with van der Waals surface area (Å²) >= 11 is 0. The van der Waals surface area contributed by atoms with Crippen LogP contribution in [0.1, 0.15) is 62.3 Å². The third-order valence-electron chi connectivity index (χ3n) is 15.1. The highest BCUT2D eigenvalue weighted by molar-refractivity contribution is 6.11. The van der Waals surface area contributed by atoms with E-state index in [0.717, 1.165) is 72.3 Å². The third kappa shape index (κ3) is 8.09. The van der Waals surface area contributed by atoms with Gasteiger partial charge in [0.25, 0.3) is 0 Å². The quantitative estimate of drug-likeness (QED) is 0.152. The summed E-state index contributed by atoms with van der Waals surface area (Å²) in [4.78, 5) is 9.82. The maximum Gasteiger partial charge on any atom is 0.137 e. The highest BCUT2D eigenvalue weighted by Crippen LogP contribution is 2.47. The lowest BCUT2D eigenvalue weighted by Gasteiger charge is -2.29. The first kappa shape index (κ1) is 42.6. The largest absolute Gasteiger partial charge is 0.457 e. The number of ether oxygens (including phenoxy) is 1. The molecule has 6 heteroatoms. The molecular formula is C69H59N5O. The fourth-order valence-corrected chi connectivity index (χ4v) is 11.0. The van der Waals surface area contributed by atoms with Gasteiger partial charge >= 0.3 is 0 Å². The predicted molar refractivity (Wildman–Crippen MR) is 314 cm³/mol. The van der Waals surface area contributed by atoms with Crippen LogP contribution >= 0.6 is 0 Å². The molecule has 9 aromatic carbocycles. The Morgan fingerprint density at radius 1 is 0.427 bits per heavy atom. The Morgan fingerprint density at radius 2 is 0.973 bits per heavy atom. The van der Waals surface area contributed by atoms with Crippen LogP contribution in [-0.2, 0) is 10.8 Å². The number of pyridine rings is 1. The Balaban J connectivity index is 0.825. The van der Waals surface area contributed by atoms with Crippen molar-refractivity contribution in [3.63, 3.8) is 0 Å². The van der Waals surface area contributed by atoms with Gasteiger partial charge in [-0.3, -0.25) is 4.57 Å². The number of nitrogens with zero attached hydrogens (tertiary/aromatic N) is 5. The minimum atomic E-state index is -2.43. The van der Waals surface area contributed by atoms with E-state index in [1.807, 2.05) is 54.6 Å². The van der Waals surface area contributed by atoms with Crippen LogP contribution in [0, 0.1) is 6.85 Å². The minimum absolute atomic E-state index is 0.0129. The zero-order valence-corrected chi connectivity index (χ0v) is 43.1. The van der Waals surface area contributed by atoms with Gasteiger partial charge in [0.15, 0.2) is 0 Å². The number of benzene rings is 9. The van der Waals surface area contributed by atoms with Crippen molar-refractivity contribution in [3.8, 4) is 45.3 Å². The van der Waals surface area contributed by atoms with E-state index < -0.39 is 6.85 Å². The molecule has 0 fully saturated rings. The van der Waals surface area contributed by atoms with Gasteiger partial charge in [-0.25, -0.2) is 4.98 Å². The predicted octanol–water partition coefficient (Wildman–Crippen LogP) is 18.6. The number of hydrogen-bond acceptors (Lipinski definition) is 4. The molecular weight excluding hydrogens is 915 g/mol. The molecule has 3 aromatic heterocycles. The normalized spacial score (nSPS) is 13.7. The standard InChI is InChI=1S/C69H59N5O/c1-45-36-67(70-43-60(45)47-30-28-46(29-31-47)48-32-34-58-56-22-11-13-24-61(56)73(65(58)37-48)51-18-9-8-10-19-51)74-62-25-14-12-23-57(62)59-35-33-55(42-66(59)74)75-54-21-17-20-52(41-54)71-44-72(64-27-16-15-26-63(64)71)53-39-49(68(2,3)4)38-50(40-53)69(5,6)7/h8-43H,44H2,1-7H3/i1D3. The van der Waals surface area contributed by atoms with Crippen LogP contribution in [0.4, 0.5) is 22.7 Å². The van der Waals surface area contributed by atoms with E-state index >= 15 is 0 Å². The second-order valence-corrected chi connectivity index (χ2v) is 22.0. The molecule has 0 atom stereocenters. The van der Waals surface area contributed by atoms with Crippen LogP contribution in [0.15, 0.2) is 219 Å². The summed E-state index contributed by atoms with van der Waals surface area (Å²) in [6, 6.07) is 73.7. The van der Waals surface area contributed by atoms with Crippen LogP contribution in [0.2, 0.25) is 0 Å². The third-order valence-corrected chi connectivity index (χ3v) is 15.1. The lowest BCUT2D eigenvalue weighted by Crippen LogP contribution is -2.25. The van der Waals surface area contributed by atoms with Crippen molar-refractivity contribution in [2.45, 2.75) is 59.2 Å². The Labute approximate surface area is 443 Å². The molecule has 1 aliphatic rings. The van der Waals surface area contributed by atoms with Gasteiger partial charge in [0.05, 0.1) is 33.4 Å². The van der Waals surface area contributed by atoms with Gasteiger partial charge in [0, 0.05) is 66.6 Å². The number of anilines is 4. The molecule has 75 heavy (non-hydrogen) atoms. The van der Waals surface area contributed by atoms with Crippen LogP contribution in [-0.4, -0.2) is 20.8 Å². The molecule has 0 aliphatic carbocycles. The maximum atomic E-state index is 8.86. The lowest BCUT2D eigenvalue weighted by molar-refractivity contribution is 0.483. The van der Waals surface area contributed by atoms with Crippen LogP contribution in [0.25, 0.3) is 77.4 Å². The molecule has 0 saturated heterocycles. The molecule has 0 N–H and O–H groups in total. The van der Waals surface area contributed by atoms with Crippen molar-refractivity contribution < 1.29 is 8.85 Å². The van der Waals surface area contributed by atoms with Gasteiger partial charge in [-0.1, -0.05) is 157 Å². The summed E-state index contributed by atoms with van der Waals surface area (Å²) in [6.45, 7) is 11.9. The molecule has 366 valence electrons. The molecule has 4 heterocycles.